The third-order valence-electron chi connectivity index (χ3n) is 3.79. The van der Waals surface area contributed by atoms with Gasteiger partial charge in [-0.2, -0.15) is 0 Å². The first kappa shape index (κ1) is 15.0. The minimum Gasteiger partial charge on any atom is -0.466 e. The number of hydrogen-bond acceptors (Lipinski definition) is 5. The second-order valence-electron chi connectivity index (χ2n) is 5.27. The van der Waals surface area contributed by atoms with E-state index < -0.39 is 20.8 Å². The molecule has 2 atom stereocenters. The van der Waals surface area contributed by atoms with Gasteiger partial charge in [0.2, 0.25) is 14.7 Å². The molecule has 2 N–H and O–H groups in total. The third kappa shape index (κ3) is 2.20. The number of hydrogen-bond donors (Lipinski definition) is 1. The molecule has 0 bridgehead atoms. The van der Waals surface area contributed by atoms with E-state index in [1.807, 2.05) is 6.92 Å². The first-order valence-electron chi connectivity index (χ1n) is 6.88. The quantitative estimate of drug-likeness (QED) is 0.873. The summed E-state index contributed by atoms with van der Waals surface area (Å²) < 4.78 is 37.1. The summed E-state index contributed by atoms with van der Waals surface area (Å²) in [5.74, 6) is 0.157. The SMILES string of the molecule is Cc1ccc(S(=O)(=O)[C@](N)(c2ccco2)[C@@H]2C=CCO2)cc1. The first-order valence-corrected chi connectivity index (χ1v) is 8.37. The van der Waals surface area contributed by atoms with Crippen molar-refractivity contribution < 1.29 is 17.6 Å². The molecule has 0 radical (unpaired) electrons. The number of aryl methyl sites for hydroxylation is 1. The Labute approximate surface area is 129 Å². The molecule has 116 valence electrons. The van der Waals surface area contributed by atoms with E-state index in [-0.39, 0.29) is 10.7 Å². The predicted octanol–water partition coefficient (Wildman–Crippen LogP) is 2.13. The van der Waals surface area contributed by atoms with E-state index in [2.05, 4.69) is 0 Å². The van der Waals surface area contributed by atoms with Gasteiger partial charge in [0.15, 0.2) is 0 Å². The van der Waals surface area contributed by atoms with Crippen LogP contribution in [0.2, 0.25) is 0 Å². The normalized spacial score (nSPS) is 20.9. The molecule has 0 unspecified atom stereocenters. The average Bonchev–Trinajstić information content (AvgIpc) is 3.20. The third-order valence-corrected chi connectivity index (χ3v) is 6.00. The Morgan fingerprint density at radius 1 is 1.23 bits per heavy atom. The van der Waals surface area contributed by atoms with Gasteiger partial charge in [-0.3, -0.25) is 0 Å². The van der Waals surface area contributed by atoms with Crippen LogP contribution in [0.25, 0.3) is 0 Å². The summed E-state index contributed by atoms with van der Waals surface area (Å²) >= 11 is 0. The van der Waals surface area contributed by atoms with Crippen molar-refractivity contribution in [1.82, 2.24) is 0 Å². The van der Waals surface area contributed by atoms with E-state index in [1.54, 1.807) is 48.6 Å². The summed E-state index contributed by atoms with van der Waals surface area (Å²) in [7, 11) is -3.92. The Morgan fingerprint density at radius 2 is 1.95 bits per heavy atom. The first-order chi connectivity index (χ1) is 10.5. The van der Waals surface area contributed by atoms with E-state index in [9.17, 15) is 8.42 Å². The lowest BCUT2D eigenvalue weighted by molar-refractivity contribution is 0.0850. The summed E-state index contributed by atoms with van der Waals surface area (Å²) in [6, 6.07) is 9.74. The molecular formula is C16H17NO4S. The molecule has 1 aromatic heterocycles. The number of furan rings is 1. The highest BCUT2D eigenvalue weighted by molar-refractivity contribution is 7.92. The van der Waals surface area contributed by atoms with Gasteiger partial charge in [0.1, 0.15) is 11.9 Å². The van der Waals surface area contributed by atoms with Crippen molar-refractivity contribution in [3.8, 4) is 0 Å². The highest BCUT2D eigenvalue weighted by Gasteiger charge is 2.52. The van der Waals surface area contributed by atoms with E-state index in [0.717, 1.165) is 5.56 Å². The highest BCUT2D eigenvalue weighted by atomic mass is 32.2. The summed E-state index contributed by atoms with van der Waals surface area (Å²) in [6.45, 7) is 2.22. The van der Waals surface area contributed by atoms with Gasteiger partial charge in [0.25, 0.3) is 0 Å². The van der Waals surface area contributed by atoms with Crippen LogP contribution in [0.4, 0.5) is 0 Å². The Balaban J connectivity index is 2.17. The molecule has 5 nitrogen and oxygen atoms in total. The van der Waals surface area contributed by atoms with Gasteiger partial charge >= 0.3 is 0 Å². The van der Waals surface area contributed by atoms with Gasteiger partial charge < -0.3 is 14.9 Å². The minimum absolute atomic E-state index is 0.140. The molecule has 1 aliphatic heterocycles. The summed E-state index contributed by atoms with van der Waals surface area (Å²) in [4.78, 5) is -1.67. The van der Waals surface area contributed by atoms with Crippen molar-refractivity contribution in [3.63, 3.8) is 0 Å². The minimum atomic E-state index is -3.92. The Hall–Kier alpha value is -1.89. The fraction of sp³-hybridized carbons (Fsp3) is 0.250. The van der Waals surface area contributed by atoms with Gasteiger partial charge in [0, 0.05) is 0 Å². The summed E-state index contributed by atoms with van der Waals surface area (Å²) in [5.41, 5.74) is 7.33. The summed E-state index contributed by atoms with van der Waals surface area (Å²) in [5, 5.41) is 0. The van der Waals surface area contributed by atoms with Crippen LogP contribution >= 0.6 is 0 Å². The molecule has 0 saturated heterocycles. The van der Waals surface area contributed by atoms with Crippen LogP contribution in [-0.2, 0) is 19.4 Å². The molecule has 1 aliphatic rings. The lowest BCUT2D eigenvalue weighted by atomic mass is 10.1. The van der Waals surface area contributed by atoms with E-state index in [4.69, 9.17) is 14.9 Å². The zero-order chi connectivity index (χ0) is 15.8. The average molecular weight is 319 g/mol. The number of ether oxygens (including phenoxy) is 1. The zero-order valence-electron chi connectivity index (χ0n) is 12.1. The lowest BCUT2D eigenvalue weighted by Gasteiger charge is -2.31. The predicted molar refractivity (Wildman–Crippen MR) is 81.8 cm³/mol. The van der Waals surface area contributed by atoms with Crippen molar-refractivity contribution in [2.45, 2.75) is 22.8 Å². The lowest BCUT2D eigenvalue weighted by Crippen LogP contribution is -2.53. The smallest absolute Gasteiger partial charge is 0.211 e. The second-order valence-corrected chi connectivity index (χ2v) is 7.42. The maximum atomic E-state index is 13.2. The van der Waals surface area contributed by atoms with Crippen molar-refractivity contribution in [3.05, 3.63) is 66.1 Å². The van der Waals surface area contributed by atoms with Crippen molar-refractivity contribution in [2.75, 3.05) is 6.61 Å². The molecule has 0 fully saturated rings. The summed E-state index contributed by atoms with van der Waals surface area (Å²) in [6.07, 6.45) is 4.01. The molecule has 2 heterocycles. The number of sulfone groups is 1. The maximum absolute atomic E-state index is 13.2. The van der Waals surface area contributed by atoms with E-state index >= 15 is 0 Å². The molecule has 3 rings (SSSR count). The van der Waals surface area contributed by atoms with E-state index in [1.165, 1.54) is 6.26 Å². The van der Waals surface area contributed by atoms with Gasteiger partial charge in [-0.1, -0.05) is 29.8 Å². The van der Waals surface area contributed by atoms with Crippen LogP contribution in [0.15, 0.2) is 64.1 Å². The standard InChI is InChI=1S/C16H17NO4S/c1-12-6-8-13(9-7-12)22(18,19)16(17,14-4-2-10-20-14)15-5-3-11-21-15/h2-10,15H,11,17H2,1H3/t15-,16+/m0/s1. The molecule has 0 saturated carbocycles. The second kappa shape index (κ2) is 5.39. The molecule has 22 heavy (non-hydrogen) atoms. The van der Waals surface area contributed by atoms with E-state index in [0.29, 0.717) is 6.61 Å². The Kier molecular flexibility index (Phi) is 3.68. The molecule has 0 spiro atoms. The van der Waals surface area contributed by atoms with Crippen LogP contribution in [0.3, 0.4) is 0 Å². The fourth-order valence-electron chi connectivity index (χ4n) is 2.50. The van der Waals surface area contributed by atoms with Crippen LogP contribution in [0, 0.1) is 6.92 Å². The van der Waals surface area contributed by atoms with Gasteiger partial charge in [-0.25, -0.2) is 8.42 Å². The maximum Gasteiger partial charge on any atom is 0.211 e. The largest absolute Gasteiger partial charge is 0.466 e. The van der Waals surface area contributed by atoms with Crippen molar-refractivity contribution >= 4 is 9.84 Å². The molecule has 0 aliphatic carbocycles. The van der Waals surface area contributed by atoms with Gasteiger partial charge in [-0.15, -0.1) is 0 Å². The van der Waals surface area contributed by atoms with Crippen molar-refractivity contribution in [1.29, 1.82) is 0 Å². The highest BCUT2D eigenvalue weighted by Crippen LogP contribution is 2.37. The molecular weight excluding hydrogens is 302 g/mol. The fourth-order valence-corrected chi connectivity index (χ4v) is 4.22. The molecule has 6 heteroatoms. The molecule has 1 aromatic carbocycles. The van der Waals surface area contributed by atoms with Gasteiger partial charge in [-0.05, 0) is 31.2 Å². The zero-order valence-corrected chi connectivity index (χ0v) is 12.9. The molecule has 2 aromatic rings. The number of nitrogens with two attached hydrogens (primary N) is 1. The van der Waals surface area contributed by atoms with Crippen molar-refractivity contribution in [2.24, 2.45) is 5.73 Å². The van der Waals surface area contributed by atoms with Gasteiger partial charge in [0.05, 0.1) is 17.8 Å². The van der Waals surface area contributed by atoms with Crippen LogP contribution in [0.1, 0.15) is 11.3 Å². The van der Waals surface area contributed by atoms with Crippen LogP contribution < -0.4 is 5.73 Å². The monoisotopic (exact) mass is 319 g/mol. The number of rotatable bonds is 4. The van der Waals surface area contributed by atoms with Crippen LogP contribution in [0.5, 0.6) is 0 Å². The Bertz CT molecular complexity index is 778. The topological polar surface area (TPSA) is 82.5 Å². The molecule has 0 amide bonds. The Morgan fingerprint density at radius 3 is 2.50 bits per heavy atom. The van der Waals surface area contributed by atoms with Crippen LogP contribution in [-0.4, -0.2) is 21.1 Å². The number of benzene rings is 1.